The van der Waals surface area contributed by atoms with Crippen LogP contribution in [-0.2, 0) is 16.8 Å². The van der Waals surface area contributed by atoms with Crippen LogP contribution in [0.3, 0.4) is 0 Å². The van der Waals surface area contributed by atoms with Crippen LogP contribution in [0.2, 0.25) is 0 Å². The molecule has 140 valence electrons. The van der Waals surface area contributed by atoms with E-state index in [1.165, 1.54) is 5.56 Å². The van der Waals surface area contributed by atoms with E-state index < -0.39 is 0 Å². The van der Waals surface area contributed by atoms with Gasteiger partial charge in [-0.25, -0.2) is 9.50 Å². The highest BCUT2D eigenvalue weighted by Gasteiger charge is 2.39. The van der Waals surface area contributed by atoms with Crippen LogP contribution >= 0.6 is 0 Å². The third-order valence-electron chi connectivity index (χ3n) is 5.80. The van der Waals surface area contributed by atoms with E-state index in [0.29, 0.717) is 12.8 Å². The standard InChI is InChI=1S/C22H26N4O/c1-15-14-20-23-16(2)19(17(3)26(20)25-15)10-11-21(27)24-22(12-7-13-22)18-8-5-4-6-9-18/h4-6,8-9,14H,7,10-13H2,1-3H3,(H,24,27). The van der Waals surface area contributed by atoms with Crippen molar-refractivity contribution in [1.29, 1.82) is 0 Å². The Morgan fingerprint density at radius 3 is 2.59 bits per heavy atom. The molecule has 27 heavy (non-hydrogen) atoms. The van der Waals surface area contributed by atoms with E-state index in [1.54, 1.807) is 0 Å². The van der Waals surface area contributed by atoms with Gasteiger partial charge in [0, 0.05) is 23.9 Å². The number of rotatable bonds is 5. The van der Waals surface area contributed by atoms with Crippen LogP contribution < -0.4 is 5.32 Å². The summed E-state index contributed by atoms with van der Waals surface area (Å²) in [6, 6.07) is 12.3. The van der Waals surface area contributed by atoms with Crippen molar-refractivity contribution in [2.75, 3.05) is 0 Å². The van der Waals surface area contributed by atoms with Crippen molar-refractivity contribution in [1.82, 2.24) is 19.9 Å². The Bertz CT molecular complexity index is 986. The van der Waals surface area contributed by atoms with Gasteiger partial charge in [-0.2, -0.15) is 5.10 Å². The van der Waals surface area contributed by atoms with Gasteiger partial charge in [0.1, 0.15) is 0 Å². The van der Waals surface area contributed by atoms with Crippen LogP contribution in [0.4, 0.5) is 0 Å². The fourth-order valence-electron chi connectivity index (χ4n) is 4.14. The fraction of sp³-hybridized carbons (Fsp3) is 0.409. The van der Waals surface area contributed by atoms with Crippen LogP contribution in [0.15, 0.2) is 36.4 Å². The molecular formula is C22H26N4O. The van der Waals surface area contributed by atoms with Gasteiger partial charge in [0.2, 0.25) is 5.91 Å². The average Bonchev–Trinajstić information content (AvgIpc) is 2.99. The minimum absolute atomic E-state index is 0.106. The minimum atomic E-state index is -0.177. The van der Waals surface area contributed by atoms with Gasteiger partial charge in [-0.15, -0.1) is 0 Å². The molecule has 4 rings (SSSR count). The molecular weight excluding hydrogens is 336 g/mol. The van der Waals surface area contributed by atoms with Crippen LogP contribution in [-0.4, -0.2) is 20.5 Å². The molecule has 0 spiro atoms. The number of fused-ring (bicyclic) bond motifs is 1. The minimum Gasteiger partial charge on any atom is -0.347 e. The summed E-state index contributed by atoms with van der Waals surface area (Å²) in [6.45, 7) is 6.04. The Morgan fingerprint density at radius 1 is 1.19 bits per heavy atom. The number of nitrogens with one attached hydrogen (secondary N) is 1. The summed E-state index contributed by atoms with van der Waals surface area (Å²) in [5.74, 6) is 0.106. The largest absolute Gasteiger partial charge is 0.347 e. The highest BCUT2D eigenvalue weighted by atomic mass is 16.1. The molecule has 1 aliphatic rings. The van der Waals surface area contributed by atoms with E-state index in [4.69, 9.17) is 0 Å². The van der Waals surface area contributed by atoms with E-state index in [9.17, 15) is 4.79 Å². The predicted octanol–water partition coefficient (Wildman–Crippen LogP) is 3.78. The topological polar surface area (TPSA) is 59.3 Å². The zero-order valence-electron chi connectivity index (χ0n) is 16.2. The van der Waals surface area contributed by atoms with Gasteiger partial charge in [0.05, 0.1) is 11.2 Å². The van der Waals surface area contributed by atoms with Crippen molar-refractivity contribution in [3.8, 4) is 0 Å². The van der Waals surface area contributed by atoms with E-state index in [-0.39, 0.29) is 11.4 Å². The number of hydrogen-bond acceptors (Lipinski definition) is 3. The Kier molecular flexibility index (Phi) is 4.46. The molecule has 1 aliphatic carbocycles. The van der Waals surface area contributed by atoms with E-state index in [0.717, 1.165) is 47.6 Å². The van der Waals surface area contributed by atoms with E-state index in [2.05, 4.69) is 34.5 Å². The molecule has 0 radical (unpaired) electrons. The zero-order chi connectivity index (χ0) is 19.0. The molecule has 2 heterocycles. The van der Waals surface area contributed by atoms with Crippen LogP contribution in [0, 0.1) is 20.8 Å². The highest BCUT2D eigenvalue weighted by Crippen LogP contribution is 2.41. The smallest absolute Gasteiger partial charge is 0.221 e. The summed E-state index contributed by atoms with van der Waals surface area (Å²) in [4.78, 5) is 17.4. The lowest BCUT2D eigenvalue weighted by atomic mass is 9.71. The van der Waals surface area contributed by atoms with Crippen molar-refractivity contribution in [2.45, 2.75) is 58.4 Å². The third kappa shape index (κ3) is 3.22. The van der Waals surface area contributed by atoms with Gasteiger partial charge >= 0.3 is 0 Å². The molecule has 5 nitrogen and oxygen atoms in total. The molecule has 0 saturated heterocycles. The maximum Gasteiger partial charge on any atom is 0.221 e. The number of carbonyl (C=O) groups excluding carboxylic acids is 1. The second-order valence-corrected chi connectivity index (χ2v) is 7.67. The van der Waals surface area contributed by atoms with Crippen molar-refractivity contribution in [3.05, 3.63) is 64.6 Å². The lowest BCUT2D eigenvalue weighted by Gasteiger charge is -2.43. The number of aromatic nitrogens is 3. The molecule has 0 unspecified atom stereocenters. The van der Waals surface area contributed by atoms with Gasteiger partial charge in [0.15, 0.2) is 5.65 Å². The molecule has 1 fully saturated rings. The summed E-state index contributed by atoms with van der Waals surface area (Å²) in [5, 5.41) is 7.83. The first-order chi connectivity index (χ1) is 13.0. The monoisotopic (exact) mass is 362 g/mol. The second-order valence-electron chi connectivity index (χ2n) is 7.67. The number of nitrogens with zero attached hydrogens (tertiary/aromatic N) is 3. The molecule has 1 saturated carbocycles. The van der Waals surface area contributed by atoms with Gasteiger partial charge in [0.25, 0.3) is 0 Å². The first kappa shape index (κ1) is 17.7. The lowest BCUT2D eigenvalue weighted by Crippen LogP contribution is -2.50. The van der Waals surface area contributed by atoms with Gasteiger partial charge in [-0.05, 0) is 57.6 Å². The van der Waals surface area contributed by atoms with Crippen LogP contribution in [0.25, 0.3) is 5.65 Å². The number of carbonyl (C=O) groups is 1. The summed E-state index contributed by atoms with van der Waals surface area (Å²) < 4.78 is 1.88. The summed E-state index contributed by atoms with van der Waals surface area (Å²) in [5.41, 5.74) is 6.02. The maximum absolute atomic E-state index is 12.7. The summed E-state index contributed by atoms with van der Waals surface area (Å²) in [6.07, 6.45) is 4.33. The Balaban J connectivity index is 1.49. The third-order valence-corrected chi connectivity index (χ3v) is 5.80. The zero-order valence-corrected chi connectivity index (χ0v) is 16.2. The average molecular weight is 362 g/mol. The Morgan fingerprint density at radius 2 is 1.93 bits per heavy atom. The molecule has 0 aliphatic heterocycles. The van der Waals surface area contributed by atoms with Gasteiger partial charge < -0.3 is 5.32 Å². The summed E-state index contributed by atoms with van der Waals surface area (Å²) in [7, 11) is 0. The van der Waals surface area contributed by atoms with Crippen LogP contribution in [0.5, 0.6) is 0 Å². The molecule has 3 aromatic rings. The second kappa shape index (κ2) is 6.80. The van der Waals surface area contributed by atoms with Crippen LogP contribution in [0.1, 0.15) is 53.9 Å². The molecule has 1 amide bonds. The fourth-order valence-corrected chi connectivity index (χ4v) is 4.14. The number of aryl methyl sites for hydroxylation is 3. The highest BCUT2D eigenvalue weighted by molar-refractivity contribution is 5.77. The van der Waals surface area contributed by atoms with Crippen molar-refractivity contribution >= 4 is 11.6 Å². The number of amides is 1. The number of benzene rings is 1. The molecule has 1 N–H and O–H groups in total. The van der Waals surface area contributed by atoms with Crippen molar-refractivity contribution in [3.63, 3.8) is 0 Å². The molecule has 0 bridgehead atoms. The maximum atomic E-state index is 12.7. The molecule has 1 aromatic carbocycles. The van der Waals surface area contributed by atoms with E-state index >= 15 is 0 Å². The van der Waals surface area contributed by atoms with Crippen molar-refractivity contribution < 1.29 is 4.79 Å². The quantitative estimate of drug-likeness (QED) is 0.751. The Labute approximate surface area is 159 Å². The van der Waals surface area contributed by atoms with Crippen molar-refractivity contribution in [2.24, 2.45) is 0 Å². The first-order valence-corrected chi connectivity index (χ1v) is 9.67. The predicted molar refractivity (Wildman–Crippen MR) is 106 cm³/mol. The SMILES string of the molecule is Cc1cc2nc(C)c(CCC(=O)NC3(c4ccccc4)CCC3)c(C)n2n1. The Hall–Kier alpha value is -2.69. The molecule has 0 atom stereocenters. The molecule has 5 heteroatoms. The first-order valence-electron chi connectivity index (χ1n) is 9.67. The van der Waals surface area contributed by atoms with Gasteiger partial charge in [-0.3, -0.25) is 4.79 Å². The van der Waals surface area contributed by atoms with Gasteiger partial charge in [-0.1, -0.05) is 30.3 Å². The summed E-state index contributed by atoms with van der Waals surface area (Å²) >= 11 is 0. The molecule has 2 aromatic heterocycles. The lowest BCUT2D eigenvalue weighted by molar-refractivity contribution is -0.124. The van der Waals surface area contributed by atoms with E-state index in [1.807, 2.05) is 42.6 Å². The normalized spacial score (nSPS) is 15.5. The number of hydrogen-bond donors (Lipinski definition) is 1.